The number of aliphatic hydroxyl groups excluding tert-OH is 1. The number of benzene rings is 1. The van der Waals surface area contributed by atoms with Crippen molar-refractivity contribution in [2.75, 3.05) is 11.9 Å². The first-order chi connectivity index (χ1) is 12.5. The van der Waals surface area contributed by atoms with Crippen molar-refractivity contribution in [3.63, 3.8) is 0 Å². The van der Waals surface area contributed by atoms with E-state index < -0.39 is 0 Å². The molecular weight excluding hydrogens is 394 g/mol. The molecule has 2 N–H and O–H groups in total. The fourth-order valence-corrected chi connectivity index (χ4v) is 3.14. The average molecular weight is 416 g/mol. The highest BCUT2D eigenvalue weighted by molar-refractivity contribution is 9.10. The van der Waals surface area contributed by atoms with Crippen LogP contribution in [0.1, 0.15) is 29.9 Å². The molecule has 0 amide bonds. The first-order valence-corrected chi connectivity index (χ1v) is 9.25. The number of rotatable bonds is 6. The second-order valence-electron chi connectivity index (χ2n) is 6.43. The summed E-state index contributed by atoms with van der Waals surface area (Å²) in [6.45, 7) is 6.00. The summed E-state index contributed by atoms with van der Waals surface area (Å²) in [6.07, 6.45) is 3.37. The molecule has 2 aromatic heterocycles. The molecule has 0 aliphatic heterocycles. The highest BCUT2D eigenvalue weighted by Gasteiger charge is 2.20. The maximum absolute atomic E-state index is 9.67. The first kappa shape index (κ1) is 18.5. The van der Waals surface area contributed by atoms with Crippen LogP contribution < -0.4 is 5.32 Å². The lowest BCUT2D eigenvalue weighted by molar-refractivity contribution is 0.222. The topological polar surface area (TPSA) is 75.9 Å². The van der Waals surface area contributed by atoms with Crippen LogP contribution in [-0.4, -0.2) is 31.5 Å². The lowest BCUT2D eigenvalue weighted by atomic mass is 9.95. The molecule has 0 saturated heterocycles. The van der Waals surface area contributed by atoms with Crippen molar-refractivity contribution in [3.8, 4) is 5.82 Å². The third-order valence-corrected chi connectivity index (χ3v) is 4.77. The van der Waals surface area contributed by atoms with E-state index in [4.69, 9.17) is 0 Å². The number of aryl methyl sites for hydroxylation is 2. The van der Waals surface area contributed by atoms with Gasteiger partial charge in [0.15, 0.2) is 5.82 Å². The van der Waals surface area contributed by atoms with E-state index in [2.05, 4.69) is 36.3 Å². The van der Waals surface area contributed by atoms with Gasteiger partial charge in [0.1, 0.15) is 5.82 Å². The van der Waals surface area contributed by atoms with E-state index in [1.54, 1.807) is 17.1 Å². The van der Waals surface area contributed by atoms with Crippen LogP contribution in [0.2, 0.25) is 0 Å². The van der Waals surface area contributed by atoms with Gasteiger partial charge in [-0.1, -0.05) is 35.0 Å². The molecule has 0 aliphatic rings. The molecule has 0 radical (unpaired) electrons. The zero-order valence-corrected chi connectivity index (χ0v) is 16.6. The van der Waals surface area contributed by atoms with Gasteiger partial charge < -0.3 is 10.4 Å². The minimum atomic E-state index is -0.0851. The van der Waals surface area contributed by atoms with Crippen LogP contribution in [0.15, 0.2) is 47.2 Å². The second-order valence-corrected chi connectivity index (χ2v) is 7.35. The molecule has 2 atom stereocenters. The van der Waals surface area contributed by atoms with E-state index in [0.29, 0.717) is 11.6 Å². The Morgan fingerprint density at radius 1 is 1.19 bits per heavy atom. The predicted octanol–water partition coefficient (Wildman–Crippen LogP) is 3.82. The summed E-state index contributed by atoms with van der Waals surface area (Å²) in [6, 6.07) is 9.97. The predicted molar refractivity (Wildman–Crippen MR) is 105 cm³/mol. The summed E-state index contributed by atoms with van der Waals surface area (Å²) in [5, 5.41) is 17.5. The van der Waals surface area contributed by atoms with Crippen molar-refractivity contribution in [3.05, 3.63) is 64.1 Å². The molecule has 6 nitrogen and oxygen atoms in total. The van der Waals surface area contributed by atoms with Crippen molar-refractivity contribution in [2.24, 2.45) is 5.92 Å². The maximum atomic E-state index is 9.67. The fraction of sp³-hybridized carbons (Fsp3) is 0.316. The van der Waals surface area contributed by atoms with Crippen molar-refractivity contribution in [2.45, 2.75) is 26.8 Å². The SMILES string of the molecule is Cc1cc(C)n(-c2cncc(N[C@H](c3ccc(Br)cc3)[C@@H](C)CO)n2)n1. The van der Waals surface area contributed by atoms with Gasteiger partial charge >= 0.3 is 0 Å². The maximum Gasteiger partial charge on any atom is 0.174 e. The Balaban J connectivity index is 1.91. The smallest absolute Gasteiger partial charge is 0.174 e. The van der Waals surface area contributed by atoms with Crippen molar-refractivity contribution in [1.29, 1.82) is 0 Å². The molecule has 0 unspecified atom stereocenters. The number of aromatic nitrogens is 4. The van der Waals surface area contributed by atoms with Crippen LogP contribution in [0.3, 0.4) is 0 Å². The summed E-state index contributed by atoms with van der Waals surface area (Å²) in [5.41, 5.74) is 3.01. The monoisotopic (exact) mass is 415 g/mol. The molecule has 0 fully saturated rings. The quantitative estimate of drug-likeness (QED) is 0.639. The normalized spacial score (nSPS) is 13.4. The molecule has 0 saturated carbocycles. The van der Waals surface area contributed by atoms with Gasteiger partial charge in [-0.05, 0) is 37.6 Å². The van der Waals surface area contributed by atoms with Crippen LogP contribution >= 0.6 is 15.9 Å². The Hall–Kier alpha value is -2.25. The molecule has 3 rings (SSSR count). The third-order valence-electron chi connectivity index (χ3n) is 4.24. The average Bonchev–Trinajstić information content (AvgIpc) is 2.98. The molecule has 1 aromatic carbocycles. The molecule has 136 valence electrons. The fourth-order valence-electron chi connectivity index (χ4n) is 2.88. The van der Waals surface area contributed by atoms with Crippen LogP contribution in [-0.2, 0) is 0 Å². The number of hydrogen-bond donors (Lipinski definition) is 2. The van der Waals surface area contributed by atoms with E-state index in [9.17, 15) is 5.11 Å². The third kappa shape index (κ3) is 4.11. The Labute approximate surface area is 161 Å². The van der Waals surface area contributed by atoms with Crippen LogP contribution in [0.5, 0.6) is 0 Å². The Morgan fingerprint density at radius 3 is 2.54 bits per heavy atom. The van der Waals surface area contributed by atoms with Gasteiger partial charge in [-0.3, -0.25) is 4.98 Å². The minimum absolute atomic E-state index is 0.00955. The van der Waals surface area contributed by atoms with Crippen LogP contribution in [0.25, 0.3) is 5.82 Å². The van der Waals surface area contributed by atoms with Gasteiger partial charge in [0.2, 0.25) is 0 Å². The summed E-state index contributed by atoms with van der Waals surface area (Å²) in [7, 11) is 0. The largest absolute Gasteiger partial charge is 0.396 e. The van der Waals surface area contributed by atoms with E-state index in [-0.39, 0.29) is 18.6 Å². The summed E-state index contributed by atoms with van der Waals surface area (Å²) in [4.78, 5) is 8.95. The summed E-state index contributed by atoms with van der Waals surface area (Å²) >= 11 is 3.46. The Morgan fingerprint density at radius 2 is 1.92 bits per heavy atom. The summed E-state index contributed by atoms with van der Waals surface area (Å²) in [5.74, 6) is 1.31. The van der Waals surface area contributed by atoms with Gasteiger partial charge in [-0.25, -0.2) is 9.67 Å². The van der Waals surface area contributed by atoms with E-state index in [0.717, 1.165) is 21.4 Å². The van der Waals surface area contributed by atoms with E-state index >= 15 is 0 Å². The van der Waals surface area contributed by atoms with Gasteiger partial charge in [-0.15, -0.1) is 0 Å². The number of nitrogens with one attached hydrogen (secondary N) is 1. The van der Waals surface area contributed by atoms with E-state index in [1.165, 1.54) is 0 Å². The minimum Gasteiger partial charge on any atom is -0.396 e. The van der Waals surface area contributed by atoms with Gasteiger partial charge in [0.05, 0.1) is 24.1 Å². The zero-order valence-electron chi connectivity index (χ0n) is 15.0. The van der Waals surface area contributed by atoms with Crippen molar-refractivity contribution < 1.29 is 5.11 Å². The molecule has 7 heteroatoms. The lowest BCUT2D eigenvalue weighted by Crippen LogP contribution is -2.22. The van der Waals surface area contributed by atoms with Gasteiger partial charge in [0, 0.05) is 22.7 Å². The number of nitrogens with zero attached hydrogens (tertiary/aromatic N) is 4. The molecular formula is C19H22BrN5O. The van der Waals surface area contributed by atoms with Crippen molar-refractivity contribution >= 4 is 21.7 Å². The molecule has 2 heterocycles. The Kier molecular flexibility index (Phi) is 5.68. The van der Waals surface area contributed by atoms with E-state index in [1.807, 2.05) is 51.1 Å². The van der Waals surface area contributed by atoms with Gasteiger partial charge in [-0.2, -0.15) is 5.10 Å². The molecule has 0 bridgehead atoms. The first-order valence-electron chi connectivity index (χ1n) is 8.46. The Bertz CT molecular complexity index is 878. The molecule has 0 spiro atoms. The van der Waals surface area contributed by atoms with Crippen LogP contribution in [0.4, 0.5) is 5.82 Å². The molecule has 3 aromatic rings. The zero-order chi connectivity index (χ0) is 18.7. The second kappa shape index (κ2) is 7.97. The number of halogens is 1. The number of aliphatic hydroxyl groups is 1. The molecule has 26 heavy (non-hydrogen) atoms. The number of anilines is 1. The summed E-state index contributed by atoms with van der Waals surface area (Å²) < 4.78 is 2.79. The van der Waals surface area contributed by atoms with Crippen molar-refractivity contribution in [1.82, 2.24) is 19.7 Å². The highest BCUT2D eigenvalue weighted by atomic mass is 79.9. The molecule has 0 aliphatic carbocycles. The van der Waals surface area contributed by atoms with Gasteiger partial charge in [0.25, 0.3) is 0 Å². The standard InChI is InChI=1S/C19H22BrN5O/c1-12(11-26)19(15-4-6-16(20)7-5-15)23-17-9-21-10-18(22-17)25-14(3)8-13(2)24-25/h4-10,12,19,26H,11H2,1-3H3,(H,22,23)/t12-,19-/m0/s1. The van der Waals surface area contributed by atoms with Crippen LogP contribution in [0, 0.1) is 19.8 Å². The lowest BCUT2D eigenvalue weighted by Gasteiger charge is -2.25. The highest BCUT2D eigenvalue weighted by Crippen LogP contribution is 2.27. The number of hydrogen-bond acceptors (Lipinski definition) is 5.